The van der Waals surface area contributed by atoms with Gasteiger partial charge < -0.3 is 10.2 Å². The van der Waals surface area contributed by atoms with Crippen LogP contribution in [0.3, 0.4) is 0 Å². The van der Waals surface area contributed by atoms with Crippen LogP contribution in [0.15, 0.2) is 24.4 Å². The normalized spacial score (nSPS) is 17.8. The van der Waals surface area contributed by atoms with Crippen molar-refractivity contribution in [1.29, 1.82) is 0 Å². The van der Waals surface area contributed by atoms with E-state index in [0.717, 1.165) is 31.6 Å². The molecule has 2 rings (SSSR count). The van der Waals surface area contributed by atoms with E-state index >= 15 is 0 Å². The van der Waals surface area contributed by atoms with Gasteiger partial charge in [0.25, 0.3) is 0 Å². The van der Waals surface area contributed by atoms with Gasteiger partial charge in [-0.15, -0.1) is 0 Å². The first-order valence-electron chi connectivity index (χ1n) is 7.19. The van der Waals surface area contributed by atoms with E-state index < -0.39 is 0 Å². The molecular formula is C15H23N3O. The standard InChI is InChI=1S/C15H23N3O/c1-13(17-12-14-8-4-5-9-16-14)15(19)18-10-6-2-3-7-11-18/h4-5,8-9,13,17H,2-3,6-7,10-12H2,1H3. The number of pyridine rings is 1. The van der Waals surface area contributed by atoms with Crippen LogP contribution in [0.25, 0.3) is 0 Å². The molecule has 1 aromatic heterocycles. The summed E-state index contributed by atoms with van der Waals surface area (Å²) in [6.45, 7) is 4.40. The highest BCUT2D eigenvalue weighted by molar-refractivity contribution is 5.81. The lowest BCUT2D eigenvalue weighted by atomic mass is 10.2. The van der Waals surface area contributed by atoms with Crippen LogP contribution in [-0.2, 0) is 11.3 Å². The number of hydrogen-bond acceptors (Lipinski definition) is 3. The summed E-state index contributed by atoms with van der Waals surface area (Å²) in [5.41, 5.74) is 0.970. The van der Waals surface area contributed by atoms with E-state index in [4.69, 9.17) is 0 Å². The van der Waals surface area contributed by atoms with Crippen LogP contribution < -0.4 is 5.32 Å². The first kappa shape index (κ1) is 14.0. The highest BCUT2D eigenvalue weighted by Crippen LogP contribution is 2.10. The minimum Gasteiger partial charge on any atom is -0.341 e. The molecule has 4 nitrogen and oxygen atoms in total. The van der Waals surface area contributed by atoms with Crippen molar-refractivity contribution in [2.24, 2.45) is 0 Å². The molecule has 1 fully saturated rings. The van der Waals surface area contributed by atoms with Crippen LogP contribution in [0.4, 0.5) is 0 Å². The third kappa shape index (κ3) is 4.31. The van der Waals surface area contributed by atoms with Crippen LogP contribution in [0, 0.1) is 0 Å². The number of rotatable bonds is 4. The number of carbonyl (C=O) groups is 1. The zero-order valence-corrected chi connectivity index (χ0v) is 11.6. The second kappa shape index (κ2) is 7.24. The Balaban J connectivity index is 1.81. The third-order valence-electron chi connectivity index (χ3n) is 3.60. The smallest absolute Gasteiger partial charge is 0.239 e. The zero-order valence-electron chi connectivity index (χ0n) is 11.6. The van der Waals surface area contributed by atoms with Crippen molar-refractivity contribution in [2.45, 2.75) is 45.2 Å². The fourth-order valence-corrected chi connectivity index (χ4v) is 2.41. The number of nitrogens with zero attached hydrogens (tertiary/aromatic N) is 2. The number of nitrogens with one attached hydrogen (secondary N) is 1. The molecule has 1 saturated heterocycles. The average molecular weight is 261 g/mol. The second-order valence-electron chi connectivity index (χ2n) is 5.16. The molecule has 0 aromatic carbocycles. The van der Waals surface area contributed by atoms with E-state index in [1.54, 1.807) is 6.20 Å². The monoisotopic (exact) mass is 261 g/mol. The highest BCUT2D eigenvalue weighted by atomic mass is 16.2. The Morgan fingerprint density at radius 1 is 1.32 bits per heavy atom. The molecule has 19 heavy (non-hydrogen) atoms. The maximum Gasteiger partial charge on any atom is 0.239 e. The molecule has 1 aromatic rings. The average Bonchev–Trinajstić information content (AvgIpc) is 2.74. The van der Waals surface area contributed by atoms with E-state index in [0.29, 0.717) is 6.54 Å². The molecule has 2 heterocycles. The molecule has 1 aliphatic heterocycles. The van der Waals surface area contributed by atoms with E-state index in [9.17, 15) is 4.79 Å². The summed E-state index contributed by atoms with van der Waals surface area (Å²) in [5, 5.41) is 3.26. The Bertz CT molecular complexity index is 386. The minimum atomic E-state index is -0.139. The molecule has 1 aliphatic rings. The van der Waals surface area contributed by atoms with Gasteiger partial charge in [0, 0.05) is 25.8 Å². The fourth-order valence-electron chi connectivity index (χ4n) is 2.41. The summed E-state index contributed by atoms with van der Waals surface area (Å²) in [5.74, 6) is 0.220. The van der Waals surface area contributed by atoms with Gasteiger partial charge in [0.1, 0.15) is 0 Å². The Labute approximate surface area is 115 Å². The largest absolute Gasteiger partial charge is 0.341 e. The lowest BCUT2D eigenvalue weighted by Gasteiger charge is -2.24. The van der Waals surface area contributed by atoms with Crippen LogP contribution in [-0.4, -0.2) is 34.9 Å². The predicted molar refractivity (Wildman–Crippen MR) is 75.6 cm³/mol. The van der Waals surface area contributed by atoms with Gasteiger partial charge in [-0.3, -0.25) is 9.78 Å². The second-order valence-corrected chi connectivity index (χ2v) is 5.16. The summed E-state index contributed by atoms with van der Waals surface area (Å²) in [6.07, 6.45) is 6.55. The van der Waals surface area contributed by atoms with Crippen LogP contribution in [0.5, 0.6) is 0 Å². The first-order valence-corrected chi connectivity index (χ1v) is 7.19. The first-order chi connectivity index (χ1) is 9.27. The summed E-state index contributed by atoms with van der Waals surface area (Å²) >= 11 is 0. The molecule has 0 aliphatic carbocycles. The summed E-state index contributed by atoms with van der Waals surface area (Å²) in [6, 6.07) is 5.69. The lowest BCUT2D eigenvalue weighted by Crippen LogP contribution is -2.45. The zero-order chi connectivity index (χ0) is 13.5. The molecule has 0 spiro atoms. The van der Waals surface area contributed by atoms with Crippen LogP contribution in [0.1, 0.15) is 38.3 Å². The van der Waals surface area contributed by atoms with E-state index in [-0.39, 0.29) is 11.9 Å². The van der Waals surface area contributed by atoms with Gasteiger partial charge in [0.05, 0.1) is 11.7 Å². The summed E-state index contributed by atoms with van der Waals surface area (Å²) in [4.78, 5) is 18.6. The van der Waals surface area contributed by atoms with Crippen LogP contribution >= 0.6 is 0 Å². The van der Waals surface area contributed by atoms with Crippen molar-refractivity contribution in [2.75, 3.05) is 13.1 Å². The molecule has 104 valence electrons. The molecule has 0 bridgehead atoms. The molecule has 1 atom stereocenters. The Morgan fingerprint density at radius 3 is 2.68 bits per heavy atom. The number of hydrogen-bond donors (Lipinski definition) is 1. The molecule has 1 N–H and O–H groups in total. The molecule has 0 radical (unpaired) electrons. The molecule has 0 saturated carbocycles. The minimum absolute atomic E-state index is 0.139. The summed E-state index contributed by atoms with van der Waals surface area (Å²) in [7, 11) is 0. The Morgan fingerprint density at radius 2 is 2.05 bits per heavy atom. The Kier molecular flexibility index (Phi) is 5.33. The van der Waals surface area contributed by atoms with Crippen molar-refractivity contribution in [3.05, 3.63) is 30.1 Å². The van der Waals surface area contributed by atoms with Gasteiger partial charge in [-0.25, -0.2) is 0 Å². The SMILES string of the molecule is CC(NCc1ccccn1)C(=O)N1CCCCCC1. The van der Waals surface area contributed by atoms with E-state index in [1.807, 2.05) is 30.0 Å². The highest BCUT2D eigenvalue weighted by Gasteiger charge is 2.20. The molecule has 1 unspecified atom stereocenters. The van der Waals surface area contributed by atoms with Gasteiger partial charge >= 0.3 is 0 Å². The van der Waals surface area contributed by atoms with Gasteiger partial charge in [0.15, 0.2) is 0 Å². The van der Waals surface area contributed by atoms with Gasteiger partial charge in [-0.1, -0.05) is 18.9 Å². The summed E-state index contributed by atoms with van der Waals surface area (Å²) < 4.78 is 0. The van der Waals surface area contributed by atoms with Gasteiger partial charge in [0.2, 0.25) is 5.91 Å². The quantitative estimate of drug-likeness (QED) is 0.901. The van der Waals surface area contributed by atoms with Gasteiger partial charge in [-0.2, -0.15) is 0 Å². The van der Waals surface area contributed by atoms with E-state index in [1.165, 1.54) is 12.8 Å². The number of carbonyl (C=O) groups excluding carboxylic acids is 1. The van der Waals surface area contributed by atoms with Crippen molar-refractivity contribution >= 4 is 5.91 Å². The van der Waals surface area contributed by atoms with Crippen molar-refractivity contribution < 1.29 is 4.79 Å². The maximum absolute atomic E-state index is 12.3. The number of amides is 1. The predicted octanol–water partition coefficient (Wildman–Crippen LogP) is 1.96. The topological polar surface area (TPSA) is 45.2 Å². The van der Waals surface area contributed by atoms with Crippen molar-refractivity contribution in [3.63, 3.8) is 0 Å². The van der Waals surface area contributed by atoms with E-state index in [2.05, 4.69) is 10.3 Å². The van der Waals surface area contributed by atoms with Crippen molar-refractivity contribution in [1.82, 2.24) is 15.2 Å². The van der Waals surface area contributed by atoms with Gasteiger partial charge in [-0.05, 0) is 31.9 Å². The van der Waals surface area contributed by atoms with Crippen molar-refractivity contribution in [3.8, 4) is 0 Å². The fraction of sp³-hybridized carbons (Fsp3) is 0.600. The molecular weight excluding hydrogens is 238 g/mol. The van der Waals surface area contributed by atoms with Crippen LogP contribution in [0.2, 0.25) is 0 Å². The molecule has 4 heteroatoms. The maximum atomic E-state index is 12.3. The lowest BCUT2D eigenvalue weighted by molar-refractivity contribution is -0.133. The number of likely N-dealkylation sites (tertiary alicyclic amines) is 1. The number of aromatic nitrogens is 1. The Hall–Kier alpha value is -1.42. The third-order valence-corrected chi connectivity index (χ3v) is 3.60. The molecule has 1 amide bonds.